The van der Waals surface area contributed by atoms with E-state index in [1.807, 2.05) is 42.5 Å². The van der Waals surface area contributed by atoms with E-state index in [-0.39, 0.29) is 17.7 Å². The van der Waals surface area contributed by atoms with Crippen LogP contribution < -0.4 is 16.0 Å². The van der Waals surface area contributed by atoms with Gasteiger partial charge in [-0.25, -0.2) is 0 Å². The maximum atomic E-state index is 12.1. The average molecular weight is 365 g/mol. The summed E-state index contributed by atoms with van der Waals surface area (Å²) in [6, 6.07) is 18.1. The Morgan fingerprint density at radius 3 is 2.30 bits per heavy atom. The van der Waals surface area contributed by atoms with Crippen LogP contribution in [0.5, 0.6) is 0 Å². The van der Waals surface area contributed by atoms with Crippen LogP contribution in [0.25, 0.3) is 0 Å². The van der Waals surface area contributed by atoms with Gasteiger partial charge in [0.1, 0.15) is 0 Å². The van der Waals surface area contributed by atoms with E-state index in [4.69, 9.17) is 5.73 Å². The van der Waals surface area contributed by atoms with Crippen LogP contribution in [0.2, 0.25) is 0 Å². The first-order valence-corrected chi connectivity index (χ1v) is 9.60. The summed E-state index contributed by atoms with van der Waals surface area (Å²) >= 11 is 0. The third-order valence-corrected chi connectivity index (χ3v) is 5.13. The van der Waals surface area contributed by atoms with Crippen molar-refractivity contribution >= 4 is 23.2 Å². The molecule has 1 heterocycles. The molecule has 1 fully saturated rings. The van der Waals surface area contributed by atoms with E-state index >= 15 is 0 Å². The van der Waals surface area contributed by atoms with Gasteiger partial charge in [-0.1, -0.05) is 30.3 Å². The van der Waals surface area contributed by atoms with Gasteiger partial charge in [0, 0.05) is 36.8 Å². The summed E-state index contributed by atoms with van der Waals surface area (Å²) in [6.45, 7) is 1.66. The number of anilines is 2. The van der Waals surface area contributed by atoms with Crippen molar-refractivity contribution in [3.8, 4) is 0 Å². The summed E-state index contributed by atoms with van der Waals surface area (Å²) in [4.78, 5) is 25.6. The number of carbonyl (C=O) groups excluding carboxylic acids is 2. The maximum absolute atomic E-state index is 12.1. The number of hydrogen-bond donors (Lipinski definition) is 2. The number of nitrogens with zero attached hydrogens (tertiary/aromatic N) is 1. The minimum Gasteiger partial charge on any atom is -0.371 e. The highest BCUT2D eigenvalue weighted by atomic mass is 16.2. The molecule has 0 bridgehead atoms. The standard InChI is InChI=1S/C22H27N3O2/c23-22(27)18-13-15-25(16-14-18)20-11-9-19(10-12-20)24-21(26)8-4-7-17-5-2-1-3-6-17/h1-3,5-6,9-12,18H,4,7-8,13-16H2,(H2,23,27)(H,24,26). The van der Waals surface area contributed by atoms with Crippen molar-refractivity contribution in [2.75, 3.05) is 23.3 Å². The normalized spacial score (nSPS) is 14.7. The molecule has 0 aromatic heterocycles. The molecule has 1 aliphatic rings. The van der Waals surface area contributed by atoms with Crippen molar-refractivity contribution < 1.29 is 9.59 Å². The first kappa shape index (κ1) is 19.0. The summed E-state index contributed by atoms with van der Waals surface area (Å²) in [5.41, 5.74) is 8.57. The van der Waals surface area contributed by atoms with Gasteiger partial charge in [0.05, 0.1) is 0 Å². The number of piperidine rings is 1. The second kappa shape index (κ2) is 9.21. The maximum Gasteiger partial charge on any atom is 0.224 e. The molecule has 5 heteroatoms. The van der Waals surface area contributed by atoms with Gasteiger partial charge in [-0.15, -0.1) is 0 Å². The third-order valence-electron chi connectivity index (χ3n) is 5.13. The van der Waals surface area contributed by atoms with Crippen molar-refractivity contribution in [2.45, 2.75) is 32.1 Å². The minimum atomic E-state index is -0.194. The van der Waals surface area contributed by atoms with E-state index in [1.165, 1.54) is 5.56 Å². The molecule has 0 saturated carbocycles. The number of primary amides is 1. The zero-order chi connectivity index (χ0) is 19.1. The van der Waals surface area contributed by atoms with Gasteiger partial charge in [0.15, 0.2) is 0 Å². The largest absolute Gasteiger partial charge is 0.371 e. The number of amides is 2. The Bertz CT molecular complexity index is 751. The van der Waals surface area contributed by atoms with Crippen LogP contribution in [0.1, 0.15) is 31.2 Å². The molecule has 3 rings (SSSR count). The molecule has 1 saturated heterocycles. The minimum absolute atomic E-state index is 0.00398. The van der Waals surface area contributed by atoms with Crippen LogP contribution in [-0.2, 0) is 16.0 Å². The molecular weight excluding hydrogens is 338 g/mol. The monoisotopic (exact) mass is 365 g/mol. The summed E-state index contributed by atoms with van der Waals surface area (Å²) < 4.78 is 0. The van der Waals surface area contributed by atoms with Crippen LogP contribution in [0.15, 0.2) is 54.6 Å². The average Bonchev–Trinajstić information content (AvgIpc) is 2.69. The molecule has 2 aromatic rings. The molecule has 0 spiro atoms. The van der Waals surface area contributed by atoms with Gasteiger partial charge >= 0.3 is 0 Å². The zero-order valence-electron chi connectivity index (χ0n) is 15.6. The first-order chi connectivity index (χ1) is 13.1. The van der Waals surface area contributed by atoms with E-state index in [1.54, 1.807) is 0 Å². The fraction of sp³-hybridized carbons (Fsp3) is 0.364. The molecule has 142 valence electrons. The number of hydrogen-bond acceptors (Lipinski definition) is 3. The molecule has 2 amide bonds. The first-order valence-electron chi connectivity index (χ1n) is 9.60. The van der Waals surface area contributed by atoms with Crippen molar-refractivity contribution in [2.24, 2.45) is 11.7 Å². The van der Waals surface area contributed by atoms with Crippen molar-refractivity contribution in [1.82, 2.24) is 0 Å². The summed E-state index contributed by atoms with van der Waals surface area (Å²) in [5.74, 6) is -0.156. The number of rotatable bonds is 7. The Kier molecular flexibility index (Phi) is 6.47. The molecule has 5 nitrogen and oxygen atoms in total. The lowest BCUT2D eigenvalue weighted by atomic mass is 9.96. The van der Waals surface area contributed by atoms with Crippen LogP contribution >= 0.6 is 0 Å². The van der Waals surface area contributed by atoms with E-state index in [9.17, 15) is 9.59 Å². The highest BCUT2D eigenvalue weighted by molar-refractivity contribution is 5.90. The highest BCUT2D eigenvalue weighted by Crippen LogP contribution is 2.24. The lowest BCUT2D eigenvalue weighted by Gasteiger charge is -2.32. The van der Waals surface area contributed by atoms with Crippen LogP contribution in [0, 0.1) is 5.92 Å². The quantitative estimate of drug-likeness (QED) is 0.790. The number of benzene rings is 2. The predicted molar refractivity (Wildman–Crippen MR) is 109 cm³/mol. The van der Waals surface area contributed by atoms with E-state index < -0.39 is 0 Å². The lowest BCUT2D eigenvalue weighted by molar-refractivity contribution is -0.122. The molecule has 1 aliphatic heterocycles. The molecule has 0 unspecified atom stereocenters. The molecule has 2 aromatic carbocycles. The van der Waals surface area contributed by atoms with Gasteiger partial charge < -0.3 is 16.0 Å². The molecule has 0 aliphatic carbocycles. The second-order valence-electron chi connectivity index (χ2n) is 7.10. The highest BCUT2D eigenvalue weighted by Gasteiger charge is 2.23. The molecular formula is C22H27N3O2. The Morgan fingerprint density at radius 2 is 1.67 bits per heavy atom. The third kappa shape index (κ3) is 5.58. The number of nitrogens with one attached hydrogen (secondary N) is 1. The molecule has 0 radical (unpaired) electrons. The summed E-state index contributed by atoms with van der Waals surface area (Å²) in [5, 5.41) is 2.96. The SMILES string of the molecule is NC(=O)C1CCN(c2ccc(NC(=O)CCCc3ccccc3)cc2)CC1. The van der Waals surface area contributed by atoms with Gasteiger partial charge in [-0.05, 0) is 55.5 Å². The smallest absolute Gasteiger partial charge is 0.224 e. The van der Waals surface area contributed by atoms with Crippen LogP contribution in [0.4, 0.5) is 11.4 Å². The Balaban J connectivity index is 1.43. The van der Waals surface area contributed by atoms with Gasteiger partial charge in [0.25, 0.3) is 0 Å². The second-order valence-corrected chi connectivity index (χ2v) is 7.10. The van der Waals surface area contributed by atoms with Gasteiger partial charge in [-0.2, -0.15) is 0 Å². The molecule has 3 N–H and O–H groups in total. The molecule has 27 heavy (non-hydrogen) atoms. The fourth-order valence-electron chi connectivity index (χ4n) is 3.50. The summed E-state index contributed by atoms with van der Waals surface area (Å²) in [7, 11) is 0. The lowest BCUT2D eigenvalue weighted by Crippen LogP contribution is -2.38. The zero-order valence-corrected chi connectivity index (χ0v) is 15.6. The van der Waals surface area contributed by atoms with E-state index in [0.717, 1.165) is 50.1 Å². The Labute approximate surface area is 160 Å². The molecule has 0 atom stereocenters. The summed E-state index contributed by atoms with van der Waals surface area (Å²) in [6.07, 6.45) is 3.86. The van der Waals surface area contributed by atoms with Gasteiger partial charge in [-0.3, -0.25) is 9.59 Å². The van der Waals surface area contributed by atoms with Crippen molar-refractivity contribution in [1.29, 1.82) is 0 Å². The van der Waals surface area contributed by atoms with E-state index in [2.05, 4.69) is 22.3 Å². The Hall–Kier alpha value is -2.82. The Morgan fingerprint density at radius 1 is 1.00 bits per heavy atom. The van der Waals surface area contributed by atoms with Crippen LogP contribution in [-0.4, -0.2) is 24.9 Å². The topological polar surface area (TPSA) is 75.4 Å². The van der Waals surface area contributed by atoms with Gasteiger partial charge in [0.2, 0.25) is 11.8 Å². The number of nitrogens with two attached hydrogens (primary N) is 1. The van der Waals surface area contributed by atoms with Crippen LogP contribution in [0.3, 0.4) is 0 Å². The van der Waals surface area contributed by atoms with E-state index in [0.29, 0.717) is 6.42 Å². The number of carbonyl (C=O) groups is 2. The van der Waals surface area contributed by atoms with Crippen molar-refractivity contribution in [3.63, 3.8) is 0 Å². The fourth-order valence-corrected chi connectivity index (χ4v) is 3.50. The predicted octanol–water partition coefficient (Wildman–Crippen LogP) is 3.35. The van der Waals surface area contributed by atoms with Crippen molar-refractivity contribution in [3.05, 3.63) is 60.2 Å². The number of aryl methyl sites for hydroxylation is 1.